The van der Waals surface area contributed by atoms with Crippen molar-refractivity contribution in [2.45, 2.75) is 26.3 Å². The predicted octanol–water partition coefficient (Wildman–Crippen LogP) is 4.19. The molecule has 0 aromatic heterocycles. The quantitative estimate of drug-likeness (QED) is 0.459. The molecule has 0 bridgehead atoms. The Morgan fingerprint density at radius 1 is 1.31 bits per heavy atom. The normalized spacial score (nSPS) is 12.0. The molecular formula is C20H22N2O4. The predicted molar refractivity (Wildman–Crippen MR) is 101 cm³/mol. The summed E-state index contributed by atoms with van der Waals surface area (Å²) in [7, 11) is 1.62. The molecule has 6 nitrogen and oxygen atoms in total. The average molecular weight is 354 g/mol. The number of ether oxygens (including phenoxy) is 1. The molecular weight excluding hydrogens is 332 g/mol. The number of aryl methyl sites for hydroxylation is 1. The fourth-order valence-corrected chi connectivity index (χ4v) is 2.67. The van der Waals surface area contributed by atoms with E-state index in [0.717, 1.165) is 23.3 Å². The number of nitro benzene ring substituents is 1. The van der Waals surface area contributed by atoms with E-state index in [1.54, 1.807) is 25.3 Å². The molecule has 1 atom stereocenters. The van der Waals surface area contributed by atoms with E-state index in [9.17, 15) is 14.9 Å². The van der Waals surface area contributed by atoms with Gasteiger partial charge in [0.15, 0.2) is 0 Å². The summed E-state index contributed by atoms with van der Waals surface area (Å²) < 4.78 is 5.26. The summed E-state index contributed by atoms with van der Waals surface area (Å²) in [4.78, 5) is 22.6. The van der Waals surface area contributed by atoms with E-state index in [0.29, 0.717) is 5.56 Å². The molecule has 2 aromatic carbocycles. The van der Waals surface area contributed by atoms with Gasteiger partial charge in [-0.1, -0.05) is 31.2 Å². The van der Waals surface area contributed by atoms with Gasteiger partial charge in [0.2, 0.25) is 5.91 Å². The second-order valence-corrected chi connectivity index (χ2v) is 5.88. The summed E-state index contributed by atoms with van der Waals surface area (Å²) >= 11 is 0. The third kappa shape index (κ3) is 4.92. The van der Waals surface area contributed by atoms with Gasteiger partial charge in [0.1, 0.15) is 5.75 Å². The molecule has 0 saturated carbocycles. The lowest BCUT2D eigenvalue weighted by atomic mass is 10.0. The first-order chi connectivity index (χ1) is 12.4. The molecule has 1 unspecified atom stereocenters. The lowest BCUT2D eigenvalue weighted by Gasteiger charge is -2.18. The highest BCUT2D eigenvalue weighted by atomic mass is 16.6. The van der Waals surface area contributed by atoms with Gasteiger partial charge >= 0.3 is 0 Å². The summed E-state index contributed by atoms with van der Waals surface area (Å²) in [5.41, 5.74) is 2.60. The minimum atomic E-state index is -0.462. The van der Waals surface area contributed by atoms with Crippen LogP contribution in [0.4, 0.5) is 5.69 Å². The van der Waals surface area contributed by atoms with E-state index in [-0.39, 0.29) is 17.6 Å². The number of nitrogens with zero attached hydrogens (tertiary/aromatic N) is 1. The third-order valence-electron chi connectivity index (χ3n) is 4.05. The monoisotopic (exact) mass is 354 g/mol. The molecule has 6 heteroatoms. The van der Waals surface area contributed by atoms with E-state index in [2.05, 4.69) is 5.32 Å². The van der Waals surface area contributed by atoms with Crippen LogP contribution in [0.15, 0.2) is 48.5 Å². The van der Waals surface area contributed by atoms with Gasteiger partial charge in [-0.3, -0.25) is 14.9 Å². The van der Waals surface area contributed by atoms with Crippen molar-refractivity contribution in [2.24, 2.45) is 0 Å². The number of carbonyl (C=O) groups is 1. The Labute approximate surface area is 152 Å². The summed E-state index contributed by atoms with van der Waals surface area (Å²) in [5.74, 6) is 0.553. The van der Waals surface area contributed by atoms with Gasteiger partial charge < -0.3 is 10.1 Å². The summed E-state index contributed by atoms with van der Waals surface area (Å²) in [5, 5.41) is 13.8. The molecule has 0 saturated heterocycles. The number of benzene rings is 2. The van der Waals surface area contributed by atoms with E-state index in [4.69, 9.17) is 4.74 Å². The number of nitro groups is 1. The lowest BCUT2D eigenvalue weighted by Crippen LogP contribution is -2.26. The number of rotatable bonds is 7. The van der Waals surface area contributed by atoms with Crippen LogP contribution in [0.25, 0.3) is 6.08 Å². The SMILES string of the molecule is CCC(NC(=O)/C=C/c1cccc([N+](=O)[O-])c1)c1ccc(OC)c(C)c1. The Hall–Kier alpha value is -3.15. The number of hydrogen-bond donors (Lipinski definition) is 1. The van der Waals surface area contributed by atoms with E-state index in [1.165, 1.54) is 18.2 Å². The molecule has 1 amide bonds. The van der Waals surface area contributed by atoms with Gasteiger partial charge in [-0.05, 0) is 42.2 Å². The maximum atomic E-state index is 12.2. The number of nitrogens with one attached hydrogen (secondary N) is 1. The second-order valence-electron chi connectivity index (χ2n) is 5.88. The molecule has 0 aliphatic heterocycles. The molecule has 26 heavy (non-hydrogen) atoms. The fourth-order valence-electron chi connectivity index (χ4n) is 2.67. The second kappa shape index (κ2) is 8.80. The zero-order chi connectivity index (χ0) is 19.1. The number of methoxy groups -OCH3 is 1. The topological polar surface area (TPSA) is 81.5 Å². The van der Waals surface area contributed by atoms with E-state index < -0.39 is 4.92 Å². The maximum absolute atomic E-state index is 12.2. The van der Waals surface area contributed by atoms with Crippen molar-refractivity contribution in [2.75, 3.05) is 7.11 Å². The van der Waals surface area contributed by atoms with E-state index >= 15 is 0 Å². The smallest absolute Gasteiger partial charge is 0.270 e. The number of amides is 1. The van der Waals surface area contributed by atoms with Crippen molar-refractivity contribution in [3.05, 3.63) is 75.3 Å². The number of hydrogen-bond acceptors (Lipinski definition) is 4. The zero-order valence-corrected chi connectivity index (χ0v) is 15.1. The minimum absolute atomic E-state index is 0.00676. The van der Waals surface area contributed by atoms with Crippen LogP contribution in [0, 0.1) is 17.0 Å². The van der Waals surface area contributed by atoms with Crippen LogP contribution in [0.2, 0.25) is 0 Å². The highest BCUT2D eigenvalue weighted by molar-refractivity contribution is 5.92. The Balaban J connectivity index is 2.08. The van der Waals surface area contributed by atoms with Crippen molar-refractivity contribution < 1.29 is 14.5 Å². The Morgan fingerprint density at radius 3 is 2.69 bits per heavy atom. The van der Waals surface area contributed by atoms with Crippen LogP contribution < -0.4 is 10.1 Å². The van der Waals surface area contributed by atoms with Crippen molar-refractivity contribution in [1.29, 1.82) is 0 Å². The Kier molecular flexibility index (Phi) is 6.49. The molecule has 0 spiro atoms. The van der Waals surface area contributed by atoms with Crippen molar-refractivity contribution in [3.63, 3.8) is 0 Å². The first kappa shape index (κ1) is 19.2. The molecule has 0 radical (unpaired) electrons. The van der Waals surface area contributed by atoms with Crippen LogP contribution >= 0.6 is 0 Å². The number of carbonyl (C=O) groups excluding carboxylic acids is 1. The molecule has 0 fully saturated rings. The van der Waals surface area contributed by atoms with Crippen LogP contribution in [-0.2, 0) is 4.79 Å². The van der Waals surface area contributed by atoms with Gasteiger partial charge in [0.25, 0.3) is 5.69 Å². The van der Waals surface area contributed by atoms with Crippen molar-refractivity contribution in [3.8, 4) is 5.75 Å². The first-order valence-electron chi connectivity index (χ1n) is 8.32. The maximum Gasteiger partial charge on any atom is 0.270 e. The van der Waals surface area contributed by atoms with E-state index in [1.807, 2.05) is 32.0 Å². The van der Waals surface area contributed by atoms with Gasteiger partial charge in [0.05, 0.1) is 18.1 Å². The minimum Gasteiger partial charge on any atom is -0.496 e. The lowest BCUT2D eigenvalue weighted by molar-refractivity contribution is -0.384. The highest BCUT2D eigenvalue weighted by Crippen LogP contribution is 2.24. The highest BCUT2D eigenvalue weighted by Gasteiger charge is 2.13. The van der Waals surface area contributed by atoms with Gasteiger partial charge in [0, 0.05) is 18.2 Å². The Bertz CT molecular complexity index is 830. The van der Waals surface area contributed by atoms with Crippen molar-refractivity contribution in [1.82, 2.24) is 5.32 Å². The summed E-state index contributed by atoms with van der Waals surface area (Å²) in [6.45, 7) is 3.95. The van der Waals surface area contributed by atoms with Crippen molar-refractivity contribution >= 4 is 17.7 Å². The van der Waals surface area contributed by atoms with Crippen LogP contribution in [0.5, 0.6) is 5.75 Å². The summed E-state index contributed by atoms with van der Waals surface area (Å²) in [6.07, 6.45) is 3.69. The fraction of sp³-hybridized carbons (Fsp3) is 0.250. The first-order valence-corrected chi connectivity index (χ1v) is 8.32. The van der Waals surface area contributed by atoms with Crippen LogP contribution in [0.3, 0.4) is 0 Å². The number of non-ortho nitro benzene ring substituents is 1. The molecule has 2 rings (SSSR count). The third-order valence-corrected chi connectivity index (χ3v) is 4.05. The molecule has 0 aliphatic carbocycles. The molecule has 2 aromatic rings. The Morgan fingerprint density at radius 2 is 2.08 bits per heavy atom. The zero-order valence-electron chi connectivity index (χ0n) is 15.1. The summed E-state index contributed by atoms with van der Waals surface area (Å²) in [6, 6.07) is 11.8. The molecule has 0 aliphatic rings. The van der Waals surface area contributed by atoms with Gasteiger partial charge in [-0.25, -0.2) is 0 Å². The van der Waals surface area contributed by atoms with Gasteiger partial charge in [-0.2, -0.15) is 0 Å². The molecule has 0 heterocycles. The molecule has 1 N–H and O–H groups in total. The largest absolute Gasteiger partial charge is 0.496 e. The van der Waals surface area contributed by atoms with Crippen LogP contribution in [0.1, 0.15) is 36.1 Å². The van der Waals surface area contributed by atoms with Crippen LogP contribution in [-0.4, -0.2) is 17.9 Å². The van der Waals surface area contributed by atoms with Gasteiger partial charge in [-0.15, -0.1) is 0 Å². The average Bonchev–Trinajstić information content (AvgIpc) is 2.64. The molecule has 136 valence electrons. The standard InChI is InChI=1S/C20H22N2O4/c1-4-18(16-9-10-19(26-3)14(2)12-16)21-20(23)11-8-15-6-5-7-17(13-15)22(24)25/h5-13,18H,4H2,1-3H3,(H,21,23)/b11-8+.